The van der Waals surface area contributed by atoms with Crippen LogP contribution in [-0.4, -0.2) is 29.1 Å². The molecule has 1 aliphatic rings. The Bertz CT molecular complexity index is 613. The van der Waals surface area contributed by atoms with Gasteiger partial charge in [0.05, 0.1) is 6.54 Å². The topological polar surface area (TPSA) is 19.0 Å². The predicted octanol–water partition coefficient (Wildman–Crippen LogP) is 3.40. The van der Waals surface area contributed by atoms with Crippen molar-refractivity contribution >= 4 is 10.9 Å². The molecule has 0 aliphatic carbocycles. The Labute approximate surface area is 109 Å². The average Bonchev–Trinajstić information content (AvgIpc) is 2.65. The fourth-order valence-electron chi connectivity index (χ4n) is 2.77. The number of H-pyrrole nitrogens is 1. The van der Waals surface area contributed by atoms with E-state index >= 15 is 0 Å². The van der Waals surface area contributed by atoms with Crippen molar-refractivity contribution in [3.8, 4) is 0 Å². The lowest BCUT2D eigenvalue weighted by Crippen LogP contribution is -2.37. The molecule has 0 atom stereocenters. The van der Waals surface area contributed by atoms with Gasteiger partial charge in [0.25, 0.3) is 0 Å². The van der Waals surface area contributed by atoms with Crippen LogP contribution < -0.4 is 0 Å². The smallest absolute Gasteiger partial charge is 0.358 e. The first-order chi connectivity index (χ1) is 8.92. The maximum atomic E-state index is 12.5. The van der Waals surface area contributed by atoms with Crippen LogP contribution in [0.3, 0.4) is 0 Å². The molecule has 3 rings (SSSR count). The summed E-state index contributed by atoms with van der Waals surface area (Å²) in [6.45, 7) is 2.00. The van der Waals surface area contributed by atoms with Crippen molar-refractivity contribution in [3.63, 3.8) is 0 Å². The Morgan fingerprint density at radius 1 is 1.32 bits per heavy atom. The zero-order valence-corrected chi connectivity index (χ0v) is 10.6. The number of halogens is 3. The van der Waals surface area contributed by atoms with Gasteiger partial charge in [-0.05, 0) is 24.6 Å². The van der Waals surface area contributed by atoms with E-state index in [9.17, 15) is 13.2 Å². The van der Waals surface area contributed by atoms with Crippen molar-refractivity contribution in [2.24, 2.45) is 0 Å². The molecule has 1 N–H and O–H groups in total. The van der Waals surface area contributed by atoms with Crippen molar-refractivity contribution in [2.75, 3.05) is 13.1 Å². The summed E-state index contributed by atoms with van der Waals surface area (Å²) in [6.07, 6.45) is -3.47. The van der Waals surface area contributed by atoms with Crippen LogP contribution in [0, 0.1) is 6.92 Å². The lowest BCUT2D eigenvalue weighted by atomic mass is 10.0. The highest BCUT2D eigenvalue weighted by atomic mass is 19.4. The standard InChI is InChI=1S/C14H15F3N2/c1-9-2-3-12-10(6-9)11-7-19(8-14(15,16)17)5-4-13(11)18-12/h2-3,6,18H,4-5,7-8H2,1H3. The zero-order valence-electron chi connectivity index (χ0n) is 10.6. The van der Waals surface area contributed by atoms with Gasteiger partial charge in [-0.1, -0.05) is 11.6 Å². The highest BCUT2D eigenvalue weighted by Crippen LogP contribution is 2.29. The van der Waals surface area contributed by atoms with E-state index in [0.717, 1.165) is 27.7 Å². The number of alkyl halides is 3. The number of aromatic nitrogens is 1. The number of aryl methyl sites for hydroxylation is 1. The number of fused-ring (bicyclic) bond motifs is 3. The van der Waals surface area contributed by atoms with Crippen molar-refractivity contribution < 1.29 is 13.2 Å². The minimum Gasteiger partial charge on any atom is -0.358 e. The van der Waals surface area contributed by atoms with E-state index in [2.05, 4.69) is 4.98 Å². The second kappa shape index (κ2) is 4.27. The van der Waals surface area contributed by atoms with E-state index in [1.165, 1.54) is 4.90 Å². The highest BCUT2D eigenvalue weighted by molar-refractivity contribution is 5.85. The quantitative estimate of drug-likeness (QED) is 0.840. The molecule has 19 heavy (non-hydrogen) atoms. The largest absolute Gasteiger partial charge is 0.401 e. The minimum absolute atomic E-state index is 0.373. The first kappa shape index (κ1) is 12.5. The van der Waals surface area contributed by atoms with Gasteiger partial charge in [-0.15, -0.1) is 0 Å². The number of nitrogens with zero attached hydrogens (tertiary/aromatic N) is 1. The molecular weight excluding hydrogens is 253 g/mol. The first-order valence-corrected chi connectivity index (χ1v) is 6.31. The van der Waals surface area contributed by atoms with Crippen molar-refractivity contribution in [1.29, 1.82) is 0 Å². The molecular formula is C14H15F3N2. The number of hydrogen-bond acceptors (Lipinski definition) is 1. The van der Waals surface area contributed by atoms with Gasteiger partial charge in [-0.25, -0.2) is 0 Å². The molecule has 0 saturated heterocycles. The molecule has 2 aromatic rings. The average molecular weight is 268 g/mol. The number of benzene rings is 1. The highest BCUT2D eigenvalue weighted by Gasteiger charge is 2.32. The third-order valence-electron chi connectivity index (χ3n) is 3.61. The van der Waals surface area contributed by atoms with Crippen LogP contribution in [0.4, 0.5) is 13.2 Å². The van der Waals surface area contributed by atoms with Gasteiger partial charge in [0, 0.05) is 36.1 Å². The molecule has 2 heterocycles. The molecule has 1 aromatic carbocycles. The zero-order chi connectivity index (χ0) is 13.6. The molecule has 1 aliphatic heterocycles. The van der Waals surface area contributed by atoms with Gasteiger partial charge in [-0.2, -0.15) is 13.2 Å². The summed E-state index contributed by atoms with van der Waals surface area (Å²) in [5.41, 5.74) is 4.25. The summed E-state index contributed by atoms with van der Waals surface area (Å²) in [4.78, 5) is 4.79. The van der Waals surface area contributed by atoms with Gasteiger partial charge >= 0.3 is 6.18 Å². The van der Waals surface area contributed by atoms with Crippen LogP contribution in [0.1, 0.15) is 16.8 Å². The van der Waals surface area contributed by atoms with Gasteiger partial charge in [0.2, 0.25) is 0 Å². The van der Waals surface area contributed by atoms with E-state index in [1.54, 1.807) is 0 Å². The van der Waals surface area contributed by atoms with Crippen LogP contribution >= 0.6 is 0 Å². The normalized spacial score (nSPS) is 16.8. The van der Waals surface area contributed by atoms with Gasteiger partial charge < -0.3 is 4.98 Å². The first-order valence-electron chi connectivity index (χ1n) is 6.31. The maximum absolute atomic E-state index is 12.5. The van der Waals surface area contributed by atoms with Crippen molar-refractivity contribution in [1.82, 2.24) is 9.88 Å². The van der Waals surface area contributed by atoms with Crippen LogP contribution in [0.2, 0.25) is 0 Å². The van der Waals surface area contributed by atoms with E-state index in [1.807, 2.05) is 25.1 Å². The van der Waals surface area contributed by atoms with Crippen LogP contribution in [0.25, 0.3) is 10.9 Å². The minimum atomic E-state index is -4.13. The molecule has 0 amide bonds. The van der Waals surface area contributed by atoms with E-state index in [0.29, 0.717) is 19.5 Å². The lowest BCUT2D eigenvalue weighted by Gasteiger charge is -2.27. The molecule has 0 bridgehead atoms. The van der Waals surface area contributed by atoms with Gasteiger partial charge in [-0.3, -0.25) is 4.90 Å². The molecule has 102 valence electrons. The fourth-order valence-corrected chi connectivity index (χ4v) is 2.77. The SMILES string of the molecule is Cc1ccc2[nH]c3c(c2c1)CN(CC(F)(F)F)CC3. The number of hydrogen-bond donors (Lipinski definition) is 1. The Hall–Kier alpha value is -1.49. The van der Waals surface area contributed by atoms with E-state index < -0.39 is 12.7 Å². The van der Waals surface area contributed by atoms with Gasteiger partial charge in [0.15, 0.2) is 0 Å². The summed E-state index contributed by atoms with van der Waals surface area (Å²) in [6, 6.07) is 6.05. The summed E-state index contributed by atoms with van der Waals surface area (Å²) in [7, 11) is 0. The molecule has 0 unspecified atom stereocenters. The molecule has 0 saturated carbocycles. The monoisotopic (exact) mass is 268 g/mol. The Morgan fingerprint density at radius 3 is 2.84 bits per heavy atom. The third kappa shape index (κ3) is 2.47. The predicted molar refractivity (Wildman–Crippen MR) is 68.1 cm³/mol. The number of aromatic amines is 1. The van der Waals surface area contributed by atoms with Crippen LogP contribution in [0.5, 0.6) is 0 Å². The summed E-state index contributed by atoms with van der Waals surface area (Å²) < 4.78 is 37.4. The molecule has 5 heteroatoms. The van der Waals surface area contributed by atoms with Crippen molar-refractivity contribution in [2.45, 2.75) is 26.1 Å². The van der Waals surface area contributed by atoms with Gasteiger partial charge in [0.1, 0.15) is 0 Å². The second-order valence-electron chi connectivity index (χ2n) is 5.21. The lowest BCUT2D eigenvalue weighted by molar-refractivity contribution is -0.147. The molecule has 0 spiro atoms. The second-order valence-corrected chi connectivity index (χ2v) is 5.21. The maximum Gasteiger partial charge on any atom is 0.401 e. The number of nitrogens with one attached hydrogen (secondary N) is 1. The Morgan fingerprint density at radius 2 is 2.11 bits per heavy atom. The summed E-state index contributed by atoms with van der Waals surface area (Å²) in [5.74, 6) is 0. The van der Waals surface area contributed by atoms with Crippen molar-refractivity contribution in [3.05, 3.63) is 35.0 Å². The van der Waals surface area contributed by atoms with Crippen LogP contribution in [0.15, 0.2) is 18.2 Å². The number of rotatable bonds is 1. The summed E-state index contributed by atoms with van der Waals surface area (Å²) in [5, 5.41) is 1.06. The molecule has 0 radical (unpaired) electrons. The van der Waals surface area contributed by atoms with E-state index in [-0.39, 0.29) is 0 Å². The Kier molecular flexibility index (Phi) is 2.82. The summed E-state index contributed by atoms with van der Waals surface area (Å²) >= 11 is 0. The molecule has 1 aromatic heterocycles. The fraction of sp³-hybridized carbons (Fsp3) is 0.429. The molecule has 0 fully saturated rings. The van der Waals surface area contributed by atoms with E-state index in [4.69, 9.17) is 0 Å². The Balaban J connectivity index is 1.95. The van der Waals surface area contributed by atoms with Crippen LogP contribution in [-0.2, 0) is 13.0 Å². The third-order valence-corrected chi connectivity index (χ3v) is 3.61. The molecule has 2 nitrogen and oxygen atoms in total.